The largest absolute Gasteiger partial charge is 0.481 e. The lowest BCUT2D eigenvalue weighted by molar-refractivity contribution is -0.138. The average Bonchev–Trinajstić information content (AvgIpc) is 2.79. The van der Waals surface area contributed by atoms with Gasteiger partial charge in [-0.15, -0.1) is 0 Å². The summed E-state index contributed by atoms with van der Waals surface area (Å²) in [7, 11) is 0. The summed E-state index contributed by atoms with van der Waals surface area (Å²) in [4.78, 5) is 13.3. The fourth-order valence-electron chi connectivity index (χ4n) is 2.43. The van der Waals surface area contributed by atoms with Crippen molar-refractivity contribution in [2.45, 2.75) is 25.3 Å². The van der Waals surface area contributed by atoms with Gasteiger partial charge in [0.1, 0.15) is 0 Å². The van der Waals surface area contributed by atoms with E-state index in [-0.39, 0.29) is 12.5 Å². The molecule has 1 N–H and O–H groups in total. The summed E-state index contributed by atoms with van der Waals surface area (Å²) in [6.07, 6.45) is 2.41. The third-order valence-electron chi connectivity index (χ3n) is 3.27. The Hall–Kier alpha value is -0.580. The molecule has 3 nitrogen and oxygen atoms in total. The second-order valence-electron chi connectivity index (χ2n) is 4.52. The smallest absolute Gasteiger partial charge is 0.305 e. The van der Waals surface area contributed by atoms with Crippen LogP contribution in [0.15, 0.2) is 22.7 Å². The molecule has 1 heterocycles. The van der Waals surface area contributed by atoms with E-state index in [4.69, 9.17) is 16.7 Å². The number of carboxylic acid groups (broad SMARTS) is 1. The molecule has 2 rings (SSSR count). The Labute approximate surface area is 120 Å². The van der Waals surface area contributed by atoms with Crippen LogP contribution in [0.2, 0.25) is 5.02 Å². The van der Waals surface area contributed by atoms with Crippen molar-refractivity contribution < 1.29 is 9.90 Å². The van der Waals surface area contributed by atoms with Crippen molar-refractivity contribution in [2.75, 3.05) is 13.1 Å². The second kappa shape index (κ2) is 6.04. The monoisotopic (exact) mass is 331 g/mol. The maximum Gasteiger partial charge on any atom is 0.305 e. The van der Waals surface area contributed by atoms with Gasteiger partial charge in [-0.3, -0.25) is 9.69 Å². The number of aliphatic carboxylic acids is 1. The molecule has 0 bridgehead atoms. The van der Waals surface area contributed by atoms with Gasteiger partial charge in [0.15, 0.2) is 0 Å². The average molecular weight is 333 g/mol. The molecule has 0 aliphatic carbocycles. The number of likely N-dealkylation sites (tertiary alicyclic amines) is 1. The summed E-state index contributed by atoms with van der Waals surface area (Å²) < 4.78 is 0.883. The second-order valence-corrected chi connectivity index (χ2v) is 5.81. The lowest BCUT2D eigenvalue weighted by Crippen LogP contribution is -2.28. The Kier molecular flexibility index (Phi) is 4.65. The topological polar surface area (TPSA) is 40.5 Å². The van der Waals surface area contributed by atoms with Gasteiger partial charge in [-0.25, -0.2) is 0 Å². The van der Waals surface area contributed by atoms with Crippen molar-refractivity contribution in [3.8, 4) is 0 Å². The van der Waals surface area contributed by atoms with Gasteiger partial charge in [0.2, 0.25) is 0 Å². The quantitative estimate of drug-likeness (QED) is 0.913. The molecule has 0 saturated carbocycles. The van der Waals surface area contributed by atoms with Crippen LogP contribution in [0, 0.1) is 0 Å². The summed E-state index contributed by atoms with van der Waals surface area (Å²) in [5.74, 6) is -0.770. The van der Waals surface area contributed by atoms with Crippen LogP contribution in [0.25, 0.3) is 0 Å². The zero-order valence-electron chi connectivity index (χ0n) is 9.90. The van der Waals surface area contributed by atoms with Gasteiger partial charge in [-0.05, 0) is 43.6 Å². The van der Waals surface area contributed by atoms with Crippen molar-refractivity contribution >= 4 is 33.5 Å². The maximum atomic E-state index is 11.0. The molecule has 18 heavy (non-hydrogen) atoms. The van der Waals surface area contributed by atoms with Crippen LogP contribution in [0.5, 0.6) is 0 Å². The third kappa shape index (κ3) is 3.25. The first-order valence-electron chi connectivity index (χ1n) is 5.98. The molecular formula is C13H15BrClNO2. The van der Waals surface area contributed by atoms with Crippen molar-refractivity contribution in [3.05, 3.63) is 33.3 Å². The highest BCUT2D eigenvalue weighted by Crippen LogP contribution is 2.34. The molecule has 5 heteroatoms. The molecule has 0 radical (unpaired) electrons. The van der Waals surface area contributed by atoms with Gasteiger partial charge >= 0.3 is 5.97 Å². The summed E-state index contributed by atoms with van der Waals surface area (Å²) in [6.45, 7) is 1.93. The van der Waals surface area contributed by atoms with E-state index in [9.17, 15) is 4.79 Å². The normalized spacial score (nSPS) is 17.9. The number of halogens is 2. The van der Waals surface area contributed by atoms with Gasteiger partial charge in [-0.1, -0.05) is 33.6 Å². The van der Waals surface area contributed by atoms with E-state index in [1.54, 1.807) is 0 Å². The highest BCUT2D eigenvalue weighted by molar-refractivity contribution is 9.10. The minimum atomic E-state index is -0.770. The Morgan fingerprint density at radius 3 is 2.67 bits per heavy atom. The number of hydrogen-bond donors (Lipinski definition) is 1. The SMILES string of the molecule is O=C(O)CC(c1ccc(Cl)cc1Br)N1CCCC1. The van der Waals surface area contributed by atoms with Crippen molar-refractivity contribution in [2.24, 2.45) is 0 Å². The molecule has 1 unspecified atom stereocenters. The van der Waals surface area contributed by atoms with Crippen molar-refractivity contribution in [3.63, 3.8) is 0 Å². The van der Waals surface area contributed by atoms with Crippen LogP contribution in [-0.2, 0) is 4.79 Å². The van der Waals surface area contributed by atoms with Gasteiger partial charge in [0, 0.05) is 15.5 Å². The molecule has 1 aromatic carbocycles. The van der Waals surface area contributed by atoms with Crippen LogP contribution in [-0.4, -0.2) is 29.1 Å². The summed E-state index contributed by atoms with van der Waals surface area (Å²) in [5, 5.41) is 9.74. The first-order valence-corrected chi connectivity index (χ1v) is 7.16. The van der Waals surface area contributed by atoms with Crippen LogP contribution in [0.1, 0.15) is 30.9 Å². The highest BCUT2D eigenvalue weighted by Gasteiger charge is 2.27. The van der Waals surface area contributed by atoms with Crippen LogP contribution in [0.3, 0.4) is 0 Å². The minimum absolute atomic E-state index is 0.0726. The Bertz CT molecular complexity index is 447. The third-order valence-corrected chi connectivity index (χ3v) is 4.19. The summed E-state index contributed by atoms with van der Waals surface area (Å²) in [5.41, 5.74) is 1.00. The molecule has 1 aliphatic heterocycles. The molecule has 1 saturated heterocycles. The fourth-order valence-corrected chi connectivity index (χ4v) is 3.37. The number of hydrogen-bond acceptors (Lipinski definition) is 2. The number of nitrogens with zero attached hydrogens (tertiary/aromatic N) is 1. The predicted octanol–water partition coefficient (Wildman–Crippen LogP) is 3.71. The molecule has 98 valence electrons. The van der Waals surface area contributed by atoms with E-state index in [1.165, 1.54) is 0 Å². The van der Waals surface area contributed by atoms with Crippen LogP contribution < -0.4 is 0 Å². The Morgan fingerprint density at radius 2 is 2.11 bits per heavy atom. The molecule has 1 aliphatic rings. The lowest BCUT2D eigenvalue weighted by Gasteiger charge is -2.27. The molecule has 1 atom stereocenters. The van der Waals surface area contributed by atoms with Gasteiger partial charge in [0.25, 0.3) is 0 Å². The number of rotatable bonds is 4. The molecule has 0 spiro atoms. The van der Waals surface area contributed by atoms with Gasteiger partial charge in [0.05, 0.1) is 6.42 Å². The van der Waals surface area contributed by atoms with E-state index in [0.29, 0.717) is 5.02 Å². The van der Waals surface area contributed by atoms with E-state index in [0.717, 1.165) is 36.0 Å². The molecular weight excluding hydrogens is 318 g/mol. The van der Waals surface area contributed by atoms with Crippen molar-refractivity contribution in [1.82, 2.24) is 4.90 Å². The Balaban J connectivity index is 2.29. The first-order chi connectivity index (χ1) is 8.58. The first kappa shape index (κ1) is 13.8. The fraction of sp³-hybridized carbons (Fsp3) is 0.462. The van der Waals surface area contributed by atoms with E-state index in [1.807, 2.05) is 18.2 Å². The number of benzene rings is 1. The van der Waals surface area contributed by atoms with Crippen LogP contribution >= 0.6 is 27.5 Å². The zero-order valence-corrected chi connectivity index (χ0v) is 12.2. The number of carboxylic acids is 1. The Morgan fingerprint density at radius 1 is 1.44 bits per heavy atom. The summed E-state index contributed by atoms with van der Waals surface area (Å²) >= 11 is 9.41. The van der Waals surface area contributed by atoms with Gasteiger partial charge in [-0.2, -0.15) is 0 Å². The van der Waals surface area contributed by atoms with Crippen molar-refractivity contribution in [1.29, 1.82) is 0 Å². The van der Waals surface area contributed by atoms with Crippen LogP contribution in [0.4, 0.5) is 0 Å². The molecule has 1 aromatic rings. The standard InChI is InChI=1S/C13H15BrClNO2/c14-11-7-9(15)3-4-10(11)12(8-13(17)18)16-5-1-2-6-16/h3-4,7,12H,1-2,5-6,8H2,(H,17,18). The lowest BCUT2D eigenvalue weighted by atomic mass is 10.0. The predicted molar refractivity (Wildman–Crippen MR) is 75.0 cm³/mol. The zero-order chi connectivity index (χ0) is 13.1. The summed E-state index contributed by atoms with van der Waals surface area (Å²) in [6, 6.07) is 5.48. The molecule has 0 aromatic heterocycles. The van der Waals surface area contributed by atoms with E-state index < -0.39 is 5.97 Å². The highest BCUT2D eigenvalue weighted by atomic mass is 79.9. The van der Waals surface area contributed by atoms with Gasteiger partial charge < -0.3 is 5.11 Å². The maximum absolute atomic E-state index is 11.0. The number of carbonyl (C=O) groups is 1. The van der Waals surface area contributed by atoms with E-state index >= 15 is 0 Å². The molecule has 1 fully saturated rings. The van der Waals surface area contributed by atoms with E-state index in [2.05, 4.69) is 20.8 Å². The molecule has 0 amide bonds. The minimum Gasteiger partial charge on any atom is -0.481 e.